The van der Waals surface area contributed by atoms with E-state index in [2.05, 4.69) is 34.1 Å². The third-order valence-electron chi connectivity index (χ3n) is 3.30. The van der Waals surface area contributed by atoms with Crippen LogP contribution in [0.3, 0.4) is 0 Å². The van der Waals surface area contributed by atoms with Crippen molar-refractivity contribution >= 4 is 21.7 Å². The summed E-state index contributed by atoms with van der Waals surface area (Å²) in [5.41, 5.74) is 0. The molecule has 0 saturated heterocycles. The zero-order valence-electron chi connectivity index (χ0n) is 14.0. The minimum absolute atomic E-state index is 0.129. The molecule has 0 aliphatic heterocycles. The van der Waals surface area contributed by atoms with Crippen LogP contribution in [-0.4, -0.2) is 32.3 Å². The molecule has 130 valence electrons. The summed E-state index contributed by atoms with van der Waals surface area (Å²) in [6.45, 7) is 5.08. The molecule has 0 unspecified atom stereocenters. The number of sulfonamides is 1. The van der Waals surface area contributed by atoms with Crippen LogP contribution in [0.15, 0.2) is 41.3 Å². The first kappa shape index (κ1) is 18.0. The Bertz CT molecular complexity index is 744. The number of methoxy groups -OCH3 is 1. The van der Waals surface area contributed by atoms with Crippen molar-refractivity contribution in [2.75, 3.05) is 23.7 Å². The van der Waals surface area contributed by atoms with Crippen molar-refractivity contribution in [2.45, 2.75) is 25.2 Å². The number of ether oxygens (including phenoxy) is 1. The van der Waals surface area contributed by atoms with Crippen molar-refractivity contribution < 1.29 is 13.2 Å². The van der Waals surface area contributed by atoms with Gasteiger partial charge in [0.25, 0.3) is 10.0 Å². The lowest BCUT2D eigenvalue weighted by molar-refractivity contribution is 0.414. The van der Waals surface area contributed by atoms with Gasteiger partial charge in [0, 0.05) is 6.54 Å². The molecular formula is C16H22N4O3S. The maximum atomic E-state index is 12.3. The Morgan fingerprint density at radius 1 is 1.04 bits per heavy atom. The number of hydrogen-bond acceptors (Lipinski definition) is 6. The van der Waals surface area contributed by atoms with Crippen LogP contribution in [0.2, 0.25) is 0 Å². The van der Waals surface area contributed by atoms with Gasteiger partial charge in [-0.15, -0.1) is 10.2 Å². The summed E-state index contributed by atoms with van der Waals surface area (Å²) in [5, 5.41) is 11.0. The predicted molar refractivity (Wildman–Crippen MR) is 93.8 cm³/mol. The average Bonchev–Trinajstić information content (AvgIpc) is 2.56. The quantitative estimate of drug-likeness (QED) is 0.760. The summed E-state index contributed by atoms with van der Waals surface area (Å²) in [6, 6.07) is 9.38. The van der Waals surface area contributed by atoms with E-state index >= 15 is 0 Å². The molecule has 0 amide bonds. The first-order valence-electron chi connectivity index (χ1n) is 7.65. The predicted octanol–water partition coefficient (Wildman–Crippen LogP) is 2.74. The van der Waals surface area contributed by atoms with Gasteiger partial charge in [-0.25, -0.2) is 8.42 Å². The minimum Gasteiger partial charge on any atom is -0.497 e. The highest BCUT2D eigenvalue weighted by Crippen LogP contribution is 2.18. The molecule has 0 radical (unpaired) electrons. The second kappa shape index (κ2) is 7.96. The molecule has 0 aliphatic carbocycles. The second-order valence-corrected chi connectivity index (χ2v) is 7.38. The normalized spacial score (nSPS) is 11.3. The average molecular weight is 350 g/mol. The number of hydrogen-bond donors (Lipinski definition) is 2. The summed E-state index contributed by atoms with van der Waals surface area (Å²) in [4.78, 5) is 0.129. The third-order valence-corrected chi connectivity index (χ3v) is 4.67. The van der Waals surface area contributed by atoms with Gasteiger partial charge >= 0.3 is 0 Å². The fraction of sp³-hybridized carbons (Fsp3) is 0.375. The number of anilines is 2. The van der Waals surface area contributed by atoms with Gasteiger partial charge < -0.3 is 10.1 Å². The summed E-state index contributed by atoms with van der Waals surface area (Å²) in [7, 11) is -2.19. The number of rotatable bonds is 8. The first-order chi connectivity index (χ1) is 11.4. The summed E-state index contributed by atoms with van der Waals surface area (Å²) >= 11 is 0. The molecule has 24 heavy (non-hydrogen) atoms. The molecule has 0 fully saturated rings. The lowest BCUT2D eigenvalue weighted by Crippen LogP contribution is -2.14. The SMILES string of the molecule is COc1ccc(S(=O)(=O)Nc2ccc(NCCC(C)C)nn2)cc1. The van der Waals surface area contributed by atoms with Gasteiger partial charge in [0.05, 0.1) is 12.0 Å². The van der Waals surface area contributed by atoms with Crippen LogP contribution in [0.1, 0.15) is 20.3 Å². The third kappa shape index (κ3) is 5.09. The Labute approximate surface area is 142 Å². The van der Waals surface area contributed by atoms with Crippen LogP contribution in [0.25, 0.3) is 0 Å². The van der Waals surface area contributed by atoms with Crippen LogP contribution in [0.5, 0.6) is 5.75 Å². The highest BCUT2D eigenvalue weighted by Gasteiger charge is 2.15. The molecule has 2 N–H and O–H groups in total. The number of aromatic nitrogens is 2. The zero-order chi connectivity index (χ0) is 17.6. The van der Waals surface area contributed by atoms with E-state index < -0.39 is 10.0 Å². The van der Waals surface area contributed by atoms with Gasteiger partial charge in [-0.3, -0.25) is 4.72 Å². The van der Waals surface area contributed by atoms with E-state index in [1.165, 1.54) is 19.2 Å². The minimum atomic E-state index is -3.71. The maximum Gasteiger partial charge on any atom is 0.263 e. The summed E-state index contributed by atoms with van der Waals surface area (Å²) < 4.78 is 32.0. The molecular weight excluding hydrogens is 328 g/mol. The van der Waals surface area contributed by atoms with Crippen LogP contribution >= 0.6 is 0 Å². The molecule has 0 spiro atoms. The topological polar surface area (TPSA) is 93.2 Å². The van der Waals surface area contributed by atoms with Crippen LogP contribution < -0.4 is 14.8 Å². The molecule has 0 saturated carbocycles. The lowest BCUT2D eigenvalue weighted by Gasteiger charge is -2.09. The molecule has 2 rings (SSSR count). The Balaban J connectivity index is 2.01. The number of benzene rings is 1. The van der Waals surface area contributed by atoms with Crippen LogP contribution in [-0.2, 0) is 10.0 Å². The molecule has 1 aromatic carbocycles. The maximum absolute atomic E-state index is 12.3. The van der Waals surface area contributed by atoms with E-state index in [4.69, 9.17) is 4.74 Å². The van der Waals surface area contributed by atoms with Crippen molar-refractivity contribution in [3.63, 3.8) is 0 Å². The second-order valence-electron chi connectivity index (χ2n) is 5.69. The van der Waals surface area contributed by atoms with Crippen molar-refractivity contribution in [1.29, 1.82) is 0 Å². The van der Waals surface area contributed by atoms with E-state index in [0.29, 0.717) is 17.5 Å². The van der Waals surface area contributed by atoms with E-state index in [0.717, 1.165) is 13.0 Å². The summed E-state index contributed by atoms with van der Waals surface area (Å²) in [6.07, 6.45) is 1.02. The zero-order valence-corrected chi connectivity index (χ0v) is 14.8. The number of nitrogens with one attached hydrogen (secondary N) is 2. The highest BCUT2D eigenvalue weighted by molar-refractivity contribution is 7.92. The van der Waals surface area contributed by atoms with Crippen molar-refractivity contribution in [2.24, 2.45) is 5.92 Å². The first-order valence-corrected chi connectivity index (χ1v) is 9.13. The van der Waals surface area contributed by atoms with Gasteiger partial charge in [0.1, 0.15) is 11.6 Å². The standard InChI is InChI=1S/C16H22N4O3S/c1-12(2)10-11-17-15-8-9-16(19-18-15)20-24(21,22)14-6-4-13(23-3)5-7-14/h4-9,12H,10-11H2,1-3H3,(H,17,18)(H,19,20). The molecule has 7 nitrogen and oxygen atoms in total. The van der Waals surface area contributed by atoms with Crippen molar-refractivity contribution in [3.05, 3.63) is 36.4 Å². The Morgan fingerprint density at radius 3 is 2.21 bits per heavy atom. The van der Waals surface area contributed by atoms with Crippen molar-refractivity contribution in [1.82, 2.24) is 10.2 Å². The molecule has 0 atom stereocenters. The van der Waals surface area contributed by atoms with Gasteiger partial charge in [-0.05, 0) is 48.7 Å². The molecule has 0 aliphatic rings. The van der Waals surface area contributed by atoms with Gasteiger partial charge in [0.2, 0.25) is 0 Å². The highest BCUT2D eigenvalue weighted by atomic mass is 32.2. The van der Waals surface area contributed by atoms with E-state index in [1.54, 1.807) is 24.3 Å². The van der Waals surface area contributed by atoms with Crippen LogP contribution in [0, 0.1) is 5.92 Å². The number of nitrogens with zero attached hydrogens (tertiary/aromatic N) is 2. The smallest absolute Gasteiger partial charge is 0.263 e. The fourth-order valence-corrected chi connectivity index (χ4v) is 2.92. The van der Waals surface area contributed by atoms with E-state index in [9.17, 15) is 8.42 Å². The van der Waals surface area contributed by atoms with E-state index in [1.807, 2.05) is 0 Å². The molecule has 0 bridgehead atoms. The molecule has 8 heteroatoms. The molecule has 1 heterocycles. The van der Waals surface area contributed by atoms with Gasteiger partial charge in [-0.1, -0.05) is 13.8 Å². The molecule has 2 aromatic rings. The lowest BCUT2D eigenvalue weighted by atomic mass is 10.1. The van der Waals surface area contributed by atoms with E-state index in [-0.39, 0.29) is 10.7 Å². The van der Waals surface area contributed by atoms with Gasteiger partial charge in [0.15, 0.2) is 5.82 Å². The van der Waals surface area contributed by atoms with Crippen LogP contribution in [0.4, 0.5) is 11.6 Å². The monoisotopic (exact) mass is 350 g/mol. The Morgan fingerprint density at radius 2 is 1.67 bits per heavy atom. The van der Waals surface area contributed by atoms with Gasteiger partial charge in [-0.2, -0.15) is 0 Å². The Hall–Kier alpha value is -2.35. The fourth-order valence-electron chi connectivity index (χ4n) is 1.92. The molecule has 1 aromatic heterocycles. The summed E-state index contributed by atoms with van der Waals surface area (Å²) in [5.74, 6) is 1.97. The largest absolute Gasteiger partial charge is 0.497 e. The van der Waals surface area contributed by atoms with Crippen molar-refractivity contribution in [3.8, 4) is 5.75 Å². The Kier molecular flexibility index (Phi) is 5.97.